The molecule has 2 aromatic rings. The largest absolute Gasteiger partial charge is 0.342 e. The molecule has 0 radical (unpaired) electrons. The van der Waals surface area contributed by atoms with Gasteiger partial charge in [0.15, 0.2) is 0 Å². The molecule has 1 aromatic heterocycles. The van der Waals surface area contributed by atoms with E-state index in [-0.39, 0.29) is 0 Å². The third-order valence-corrected chi connectivity index (χ3v) is 3.36. The zero-order chi connectivity index (χ0) is 14.7. The summed E-state index contributed by atoms with van der Waals surface area (Å²) < 4.78 is 0. The van der Waals surface area contributed by atoms with Crippen LogP contribution < -0.4 is 10.6 Å². The Kier molecular flexibility index (Phi) is 4.35. The summed E-state index contributed by atoms with van der Waals surface area (Å²) in [5.41, 5.74) is 10.0. The van der Waals surface area contributed by atoms with Gasteiger partial charge in [-0.1, -0.05) is 31.5 Å². The van der Waals surface area contributed by atoms with E-state index in [1.807, 2.05) is 13.2 Å². The average Bonchev–Trinajstić information content (AvgIpc) is 2.46. The highest BCUT2D eigenvalue weighted by Gasteiger charge is 2.13. The minimum atomic E-state index is 0.305. The highest BCUT2D eigenvalue weighted by Crippen LogP contribution is 2.26. The van der Waals surface area contributed by atoms with Crippen molar-refractivity contribution in [2.75, 3.05) is 11.9 Å². The summed E-state index contributed by atoms with van der Waals surface area (Å²) in [6, 6.07) is 8.37. The molecule has 1 aromatic carbocycles. The van der Waals surface area contributed by atoms with E-state index in [1.165, 1.54) is 5.56 Å². The predicted octanol–water partition coefficient (Wildman–Crippen LogP) is 3.14. The molecule has 2 rings (SSSR count). The van der Waals surface area contributed by atoms with Crippen LogP contribution in [0.15, 0.2) is 30.5 Å². The molecule has 2 N–H and O–H groups in total. The van der Waals surface area contributed by atoms with Gasteiger partial charge in [0.2, 0.25) is 0 Å². The molecule has 0 aliphatic rings. The summed E-state index contributed by atoms with van der Waals surface area (Å²) in [6.45, 7) is 6.65. The van der Waals surface area contributed by atoms with Crippen molar-refractivity contribution >= 4 is 11.4 Å². The number of aryl methyl sites for hydroxylation is 1. The van der Waals surface area contributed by atoms with Crippen LogP contribution in [-0.2, 0) is 6.54 Å². The van der Waals surface area contributed by atoms with Gasteiger partial charge in [-0.2, -0.15) is 0 Å². The molecule has 0 bridgehead atoms. The van der Waals surface area contributed by atoms with Crippen LogP contribution in [0.2, 0.25) is 0 Å². The molecule has 4 heteroatoms. The number of nitrogens with two attached hydrogens (primary N) is 1. The van der Waals surface area contributed by atoms with Gasteiger partial charge in [-0.3, -0.25) is 0 Å². The van der Waals surface area contributed by atoms with Crippen LogP contribution in [0, 0.1) is 6.92 Å². The molecule has 4 nitrogen and oxygen atoms in total. The highest BCUT2D eigenvalue weighted by molar-refractivity contribution is 5.63. The van der Waals surface area contributed by atoms with Crippen molar-refractivity contribution in [1.82, 2.24) is 9.97 Å². The first-order valence-corrected chi connectivity index (χ1v) is 6.89. The molecule has 0 spiro atoms. The Bertz CT molecular complexity index is 576. The number of anilines is 2. The van der Waals surface area contributed by atoms with Gasteiger partial charge in [0, 0.05) is 25.2 Å². The molecule has 0 saturated heterocycles. The van der Waals surface area contributed by atoms with Crippen molar-refractivity contribution in [2.45, 2.75) is 33.2 Å². The van der Waals surface area contributed by atoms with Gasteiger partial charge in [0.05, 0.1) is 17.6 Å². The van der Waals surface area contributed by atoms with E-state index in [4.69, 9.17) is 5.73 Å². The molecule has 20 heavy (non-hydrogen) atoms. The first-order valence-electron chi connectivity index (χ1n) is 6.89. The number of benzene rings is 1. The molecular weight excluding hydrogens is 248 g/mol. The summed E-state index contributed by atoms with van der Waals surface area (Å²) in [6.07, 6.45) is 1.87. The van der Waals surface area contributed by atoms with E-state index < -0.39 is 0 Å². The Morgan fingerprint density at radius 3 is 2.40 bits per heavy atom. The summed E-state index contributed by atoms with van der Waals surface area (Å²) in [7, 11) is 2.01. The highest BCUT2D eigenvalue weighted by atomic mass is 15.1. The van der Waals surface area contributed by atoms with Gasteiger partial charge in [-0.25, -0.2) is 9.97 Å². The smallest absolute Gasteiger partial charge is 0.131 e. The third kappa shape index (κ3) is 2.96. The predicted molar refractivity (Wildman–Crippen MR) is 83.3 cm³/mol. The summed E-state index contributed by atoms with van der Waals surface area (Å²) in [5, 5.41) is 0. The molecule has 0 fully saturated rings. The SMILES string of the molecule is Cc1ccc(N(C)c2cnc(C(C)C)nc2CN)cc1. The number of rotatable bonds is 4. The summed E-state index contributed by atoms with van der Waals surface area (Å²) in [4.78, 5) is 11.1. The first-order chi connectivity index (χ1) is 9.52. The standard InChI is InChI=1S/C16H22N4/c1-11(2)16-18-10-15(14(9-17)19-16)20(4)13-7-5-12(3)6-8-13/h5-8,10-11H,9,17H2,1-4H3. The van der Waals surface area contributed by atoms with Gasteiger partial charge in [-0.15, -0.1) is 0 Å². The molecular formula is C16H22N4. The Morgan fingerprint density at radius 1 is 1.20 bits per heavy atom. The van der Waals surface area contributed by atoms with Crippen molar-refractivity contribution in [2.24, 2.45) is 5.73 Å². The Hall–Kier alpha value is -1.94. The maximum atomic E-state index is 5.84. The van der Waals surface area contributed by atoms with Crippen molar-refractivity contribution in [1.29, 1.82) is 0 Å². The Morgan fingerprint density at radius 2 is 1.85 bits per heavy atom. The molecule has 0 aliphatic heterocycles. The number of hydrogen-bond acceptors (Lipinski definition) is 4. The third-order valence-electron chi connectivity index (χ3n) is 3.36. The van der Waals surface area contributed by atoms with E-state index in [0.29, 0.717) is 12.5 Å². The monoisotopic (exact) mass is 270 g/mol. The molecule has 0 aliphatic carbocycles. The topological polar surface area (TPSA) is 55.0 Å². The van der Waals surface area contributed by atoms with Gasteiger partial charge >= 0.3 is 0 Å². The van der Waals surface area contributed by atoms with E-state index in [1.54, 1.807) is 0 Å². The molecule has 0 amide bonds. The minimum Gasteiger partial charge on any atom is -0.342 e. The van der Waals surface area contributed by atoms with Gasteiger partial charge in [-0.05, 0) is 19.1 Å². The minimum absolute atomic E-state index is 0.305. The van der Waals surface area contributed by atoms with Gasteiger partial charge in [0.1, 0.15) is 5.82 Å². The molecule has 1 heterocycles. The molecule has 0 unspecified atom stereocenters. The van der Waals surface area contributed by atoms with Crippen LogP contribution in [0.1, 0.15) is 36.8 Å². The lowest BCUT2D eigenvalue weighted by Crippen LogP contribution is -2.16. The molecule has 0 saturated carbocycles. The van der Waals surface area contributed by atoms with Crippen LogP contribution >= 0.6 is 0 Å². The van der Waals surface area contributed by atoms with Crippen molar-refractivity contribution in [3.8, 4) is 0 Å². The maximum absolute atomic E-state index is 5.84. The van der Waals surface area contributed by atoms with E-state index in [0.717, 1.165) is 22.9 Å². The maximum Gasteiger partial charge on any atom is 0.131 e. The zero-order valence-electron chi connectivity index (χ0n) is 12.6. The van der Waals surface area contributed by atoms with Crippen molar-refractivity contribution in [3.63, 3.8) is 0 Å². The Labute approximate surface area is 120 Å². The van der Waals surface area contributed by atoms with Crippen LogP contribution in [0.5, 0.6) is 0 Å². The summed E-state index contributed by atoms with van der Waals surface area (Å²) >= 11 is 0. The first kappa shape index (κ1) is 14.5. The lowest BCUT2D eigenvalue weighted by atomic mass is 10.2. The lowest BCUT2D eigenvalue weighted by Gasteiger charge is -2.22. The van der Waals surface area contributed by atoms with Crippen LogP contribution in [-0.4, -0.2) is 17.0 Å². The average molecular weight is 270 g/mol. The number of hydrogen-bond donors (Lipinski definition) is 1. The van der Waals surface area contributed by atoms with Crippen LogP contribution in [0.4, 0.5) is 11.4 Å². The quantitative estimate of drug-likeness (QED) is 0.927. The lowest BCUT2D eigenvalue weighted by molar-refractivity contribution is 0.754. The second-order valence-corrected chi connectivity index (χ2v) is 5.31. The second kappa shape index (κ2) is 6.01. The normalized spacial score (nSPS) is 10.9. The van der Waals surface area contributed by atoms with Crippen molar-refractivity contribution < 1.29 is 0 Å². The number of aromatic nitrogens is 2. The van der Waals surface area contributed by atoms with E-state index in [2.05, 4.69) is 59.9 Å². The fourth-order valence-corrected chi connectivity index (χ4v) is 2.04. The Balaban J connectivity index is 2.38. The van der Waals surface area contributed by atoms with E-state index >= 15 is 0 Å². The van der Waals surface area contributed by atoms with Gasteiger partial charge in [0.25, 0.3) is 0 Å². The molecule has 0 atom stereocenters. The second-order valence-electron chi connectivity index (χ2n) is 5.31. The van der Waals surface area contributed by atoms with Gasteiger partial charge < -0.3 is 10.6 Å². The molecule has 106 valence electrons. The zero-order valence-corrected chi connectivity index (χ0v) is 12.6. The van der Waals surface area contributed by atoms with Crippen LogP contribution in [0.3, 0.4) is 0 Å². The number of nitrogens with zero attached hydrogens (tertiary/aromatic N) is 3. The van der Waals surface area contributed by atoms with E-state index in [9.17, 15) is 0 Å². The fraction of sp³-hybridized carbons (Fsp3) is 0.375. The summed E-state index contributed by atoms with van der Waals surface area (Å²) in [5.74, 6) is 1.14. The van der Waals surface area contributed by atoms with Crippen molar-refractivity contribution in [3.05, 3.63) is 47.5 Å². The van der Waals surface area contributed by atoms with Crippen LogP contribution in [0.25, 0.3) is 0 Å². The fourth-order valence-electron chi connectivity index (χ4n) is 2.04.